The summed E-state index contributed by atoms with van der Waals surface area (Å²) in [5.41, 5.74) is 4.97. The van der Waals surface area contributed by atoms with Crippen LogP contribution in [0.25, 0.3) is 10.9 Å². The minimum absolute atomic E-state index is 0.153. The van der Waals surface area contributed by atoms with E-state index < -0.39 is 12.1 Å². The van der Waals surface area contributed by atoms with Crippen molar-refractivity contribution < 1.29 is 14.4 Å². The molecule has 7 heteroatoms. The van der Waals surface area contributed by atoms with Gasteiger partial charge in [0.15, 0.2) is 0 Å². The van der Waals surface area contributed by atoms with Crippen molar-refractivity contribution in [2.75, 3.05) is 11.9 Å². The molecular weight excluding hydrogens is 392 g/mol. The number of aromatic amines is 1. The number of hydrogen-bond acceptors (Lipinski definition) is 3. The van der Waals surface area contributed by atoms with Gasteiger partial charge in [-0.3, -0.25) is 14.5 Å². The zero-order valence-corrected chi connectivity index (χ0v) is 17.7. The van der Waals surface area contributed by atoms with E-state index in [4.69, 9.17) is 0 Å². The number of imide groups is 1. The number of rotatable bonds is 7. The molecule has 7 nitrogen and oxygen atoms in total. The van der Waals surface area contributed by atoms with Crippen LogP contribution in [0.15, 0.2) is 48.7 Å². The topological polar surface area (TPSA) is 94.3 Å². The summed E-state index contributed by atoms with van der Waals surface area (Å²) in [5.74, 6) is -0.451. The van der Waals surface area contributed by atoms with E-state index in [1.54, 1.807) is 0 Å². The van der Waals surface area contributed by atoms with Crippen LogP contribution in [0, 0.1) is 13.8 Å². The lowest BCUT2D eigenvalue weighted by Crippen LogP contribution is -2.33. The Morgan fingerprint density at radius 1 is 1.10 bits per heavy atom. The number of para-hydroxylation sites is 1. The fourth-order valence-corrected chi connectivity index (χ4v) is 4.10. The van der Waals surface area contributed by atoms with E-state index in [2.05, 4.69) is 15.6 Å². The van der Waals surface area contributed by atoms with Gasteiger partial charge in [0.2, 0.25) is 5.91 Å². The summed E-state index contributed by atoms with van der Waals surface area (Å²) in [6, 6.07) is 12.7. The van der Waals surface area contributed by atoms with Gasteiger partial charge in [-0.05, 0) is 61.6 Å². The van der Waals surface area contributed by atoms with E-state index in [0.29, 0.717) is 13.0 Å². The third kappa shape index (κ3) is 4.60. The van der Waals surface area contributed by atoms with Crippen LogP contribution in [0.3, 0.4) is 0 Å². The third-order valence-corrected chi connectivity index (χ3v) is 5.55. The number of nitrogens with zero attached hydrogens (tertiary/aromatic N) is 1. The van der Waals surface area contributed by atoms with Crippen molar-refractivity contribution in [3.8, 4) is 0 Å². The van der Waals surface area contributed by atoms with Crippen LogP contribution in [0.1, 0.15) is 29.5 Å². The van der Waals surface area contributed by atoms with Crippen LogP contribution in [-0.2, 0) is 16.0 Å². The molecule has 1 aromatic heterocycles. The highest BCUT2D eigenvalue weighted by molar-refractivity contribution is 6.04. The maximum Gasteiger partial charge on any atom is 0.324 e. The zero-order chi connectivity index (χ0) is 22.0. The summed E-state index contributed by atoms with van der Waals surface area (Å²) in [6.07, 6.45) is 2.91. The van der Waals surface area contributed by atoms with Crippen LogP contribution in [0.5, 0.6) is 0 Å². The molecular formula is C24H26N4O3. The minimum atomic E-state index is -0.666. The van der Waals surface area contributed by atoms with Gasteiger partial charge in [-0.25, -0.2) is 4.79 Å². The molecule has 160 valence electrons. The van der Waals surface area contributed by atoms with Gasteiger partial charge >= 0.3 is 6.03 Å². The number of benzene rings is 2. The summed E-state index contributed by atoms with van der Waals surface area (Å²) < 4.78 is 0. The number of urea groups is 1. The van der Waals surface area contributed by atoms with Crippen molar-refractivity contribution in [3.05, 3.63) is 65.4 Å². The number of carbonyl (C=O) groups excluding carboxylic acids is 3. The molecule has 1 saturated heterocycles. The molecule has 0 bridgehead atoms. The molecule has 2 aromatic carbocycles. The number of anilines is 1. The van der Waals surface area contributed by atoms with Crippen molar-refractivity contribution in [2.24, 2.45) is 0 Å². The van der Waals surface area contributed by atoms with Crippen molar-refractivity contribution in [2.45, 2.75) is 39.2 Å². The Morgan fingerprint density at radius 3 is 2.61 bits per heavy atom. The summed E-state index contributed by atoms with van der Waals surface area (Å²) in [6.45, 7) is 4.25. The van der Waals surface area contributed by atoms with Crippen LogP contribution in [0.4, 0.5) is 10.5 Å². The predicted octanol–water partition coefficient (Wildman–Crippen LogP) is 3.67. The zero-order valence-electron chi connectivity index (χ0n) is 17.7. The molecule has 1 unspecified atom stereocenters. The van der Waals surface area contributed by atoms with E-state index in [9.17, 15) is 14.4 Å². The molecule has 4 amide bonds. The van der Waals surface area contributed by atoms with E-state index in [1.165, 1.54) is 4.90 Å². The number of fused-ring (bicyclic) bond motifs is 1. The van der Waals surface area contributed by atoms with Crippen molar-refractivity contribution in [1.82, 2.24) is 15.2 Å². The molecule has 4 rings (SSSR count). The van der Waals surface area contributed by atoms with Crippen LogP contribution in [0.2, 0.25) is 0 Å². The first kappa shape index (κ1) is 20.7. The summed E-state index contributed by atoms with van der Waals surface area (Å²) in [5, 5.41) is 6.67. The van der Waals surface area contributed by atoms with Gasteiger partial charge in [0.05, 0.1) is 0 Å². The Balaban J connectivity index is 1.31. The van der Waals surface area contributed by atoms with Gasteiger partial charge in [-0.2, -0.15) is 0 Å². The van der Waals surface area contributed by atoms with E-state index in [-0.39, 0.29) is 24.7 Å². The SMILES string of the molecule is Cc1cc(C)cc(NC(=O)CCC2NC(=O)N(CCc3c[nH]c4ccccc34)C2=O)c1. The first-order valence-electron chi connectivity index (χ1n) is 10.5. The Bertz CT molecular complexity index is 1130. The molecule has 1 atom stereocenters. The lowest BCUT2D eigenvalue weighted by atomic mass is 10.1. The first-order chi connectivity index (χ1) is 14.9. The summed E-state index contributed by atoms with van der Waals surface area (Å²) in [7, 11) is 0. The predicted molar refractivity (Wildman–Crippen MR) is 120 cm³/mol. The quantitative estimate of drug-likeness (QED) is 0.511. The second-order valence-electron chi connectivity index (χ2n) is 8.06. The average Bonchev–Trinajstić information content (AvgIpc) is 3.24. The fraction of sp³-hybridized carbons (Fsp3) is 0.292. The number of H-pyrrole nitrogens is 1. The van der Waals surface area contributed by atoms with E-state index in [0.717, 1.165) is 33.3 Å². The Morgan fingerprint density at radius 2 is 1.84 bits per heavy atom. The molecule has 0 saturated carbocycles. The maximum absolute atomic E-state index is 12.7. The second kappa shape index (κ2) is 8.63. The van der Waals surface area contributed by atoms with Gasteiger partial charge in [0.1, 0.15) is 6.04 Å². The van der Waals surface area contributed by atoms with Gasteiger partial charge < -0.3 is 15.6 Å². The maximum atomic E-state index is 12.7. The van der Waals surface area contributed by atoms with Gasteiger partial charge in [-0.1, -0.05) is 24.3 Å². The number of aromatic nitrogens is 1. The molecule has 31 heavy (non-hydrogen) atoms. The highest BCUT2D eigenvalue weighted by Gasteiger charge is 2.37. The molecule has 0 aliphatic carbocycles. The highest BCUT2D eigenvalue weighted by Crippen LogP contribution is 2.20. The van der Waals surface area contributed by atoms with Crippen LogP contribution in [-0.4, -0.2) is 40.3 Å². The van der Waals surface area contributed by atoms with Crippen LogP contribution < -0.4 is 10.6 Å². The van der Waals surface area contributed by atoms with Crippen molar-refractivity contribution in [3.63, 3.8) is 0 Å². The first-order valence-corrected chi connectivity index (χ1v) is 10.5. The number of carbonyl (C=O) groups is 3. The average molecular weight is 418 g/mol. The number of aryl methyl sites for hydroxylation is 2. The Hall–Kier alpha value is -3.61. The van der Waals surface area contributed by atoms with Crippen molar-refractivity contribution >= 4 is 34.4 Å². The monoisotopic (exact) mass is 418 g/mol. The number of nitrogens with one attached hydrogen (secondary N) is 3. The lowest BCUT2D eigenvalue weighted by Gasteiger charge is -2.13. The number of hydrogen-bond donors (Lipinski definition) is 3. The van der Waals surface area contributed by atoms with Gasteiger partial charge in [-0.15, -0.1) is 0 Å². The minimum Gasteiger partial charge on any atom is -0.361 e. The van der Waals surface area contributed by atoms with Crippen LogP contribution >= 0.6 is 0 Å². The standard InChI is InChI=1S/C24H26N4O3/c1-15-11-16(2)13-18(12-15)26-22(29)8-7-21-23(30)28(24(31)27-21)10-9-17-14-25-20-6-4-3-5-19(17)20/h3-6,11-14,21,25H,7-10H2,1-2H3,(H,26,29)(H,27,31). The number of amides is 4. The lowest BCUT2D eigenvalue weighted by molar-refractivity contribution is -0.127. The second-order valence-corrected chi connectivity index (χ2v) is 8.06. The fourth-order valence-electron chi connectivity index (χ4n) is 4.10. The van der Waals surface area contributed by atoms with Crippen molar-refractivity contribution in [1.29, 1.82) is 0 Å². The van der Waals surface area contributed by atoms with Gasteiger partial charge in [0.25, 0.3) is 5.91 Å². The summed E-state index contributed by atoms with van der Waals surface area (Å²) in [4.78, 5) is 41.8. The largest absolute Gasteiger partial charge is 0.361 e. The Kier molecular flexibility index (Phi) is 5.75. The Labute approximate surface area is 180 Å². The highest BCUT2D eigenvalue weighted by atomic mass is 16.2. The molecule has 3 N–H and O–H groups in total. The molecule has 1 aliphatic rings. The normalized spacial score (nSPS) is 16.1. The molecule has 3 aromatic rings. The summed E-state index contributed by atoms with van der Waals surface area (Å²) >= 11 is 0. The molecule has 0 spiro atoms. The molecule has 2 heterocycles. The van der Waals surface area contributed by atoms with Gasteiger partial charge in [0, 0.05) is 35.8 Å². The van der Waals surface area contributed by atoms with E-state index >= 15 is 0 Å². The molecule has 0 radical (unpaired) electrons. The molecule has 1 aliphatic heterocycles. The molecule has 1 fully saturated rings. The third-order valence-electron chi connectivity index (χ3n) is 5.55. The van der Waals surface area contributed by atoms with E-state index in [1.807, 2.05) is 62.5 Å². The smallest absolute Gasteiger partial charge is 0.324 e.